The molecule has 1 saturated heterocycles. The molecule has 19 heteroatoms. The van der Waals surface area contributed by atoms with Crippen molar-refractivity contribution in [3.8, 4) is 17.2 Å². The van der Waals surface area contributed by atoms with E-state index < -0.39 is 99.4 Å². The molecule has 2 heterocycles. The molecule has 5 amide bonds. The number of carboxylic acids is 1. The molecule has 8 N–H and O–H groups in total. The summed E-state index contributed by atoms with van der Waals surface area (Å²) in [6.07, 6.45) is 1.02. The molecule has 2 atom stereocenters. The van der Waals surface area contributed by atoms with Crippen LogP contribution in [0.3, 0.4) is 0 Å². The molecule has 5 rings (SSSR count). The fourth-order valence-electron chi connectivity index (χ4n) is 5.06. The van der Waals surface area contributed by atoms with Crippen molar-refractivity contribution in [2.24, 2.45) is 5.73 Å². The number of rotatable bonds is 7. The van der Waals surface area contributed by atoms with Crippen LogP contribution < -0.4 is 21.0 Å². The highest BCUT2D eigenvalue weighted by molar-refractivity contribution is 6.47. The van der Waals surface area contributed by atoms with Crippen molar-refractivity contribution < 1.29 is 57.8 Å². The van der Waals surface area contributed by atoms with Gasteiger partial charge in [0, 0.05) is 30.7 Å². The van der Waals surface area contributed by atoms with Crippen LogP contribution in [0.5, 0.6) is 17.2 Å². The van der Waals surface area contributed by atoms with Crippen LogP contribution in [0.2, 0.25) is 5.02 Å². The smallest absolute Gasteiger partial charge is 0.534 e. The number of benzene rings is 2. The molecule has 2 aromatic rings. The van der Waals surface area contributed by atoms with Gasteiger partial charge in [-0.3, -0.25) is 19.3 Å². The highest BCUT2D eigenvalue weighted by atomic mass is 35.5. The Bertz CT molecular complexity index is 1640. The second kappa shape index (κ2) is 11.7. The number of nitrogens with two attached hydrogens (primary N) is 1. The standard InChI is InChI=1S/C26H25BClF2N5O10/c28-16-11(8-13(30)18(36)19(16)37)17(33-25(43)35-6-5-34(22(39)23(35)40)9-26(31)3-4-26)21(38)32-14-7-10-1-2-12(29)15(24(41)42)20(10)45-27(14)44/h1-2,8,14,17,36-37,44H,3-7,9,31H2,(H,32,38)(H,33,43)(H,41,42). The molecule has 15 nitrogen and oxygen atoms in total. The first-order valence-corrected chi connectivity index (χ1v) is 13.8. The fourth-order valence-corrected chi connectivity index (χ4v) is 5.31. The maximum absolute atomic E-state index is 14.5. The zero-order chi connectivity index (χ0) is 33.0. The molecule has 2 aromatic carbocycles. The quantitative estimate of drug-likeness (QED) is 0.117. The molecule has 45 heavy (non-hydrogen) atoms. The van der Waals surface area contributed by atoms with Crippen molar-refractivity contribution in [3.05, 3.63) is 51.5 Å². The summed E-state index contributed by atoms with van der Waals surface area (Å²) in [6.45, 7) is -0.249. The van der Waals surface area contributed by atoms with E-state index in [4.69, 9.17) is 22.0 Å². The van der Waals surface area contributed by atoms with Crippen LogP contribution in [-0.2, 0) is 20.8 Å². The molecule has 0 spiro atoms. The van der Waals surface area contributed by atoms with E-state index in [0.29, 0.717) is 23.8 Å². The third-order valence-corrected chi connectivity index (χ3v) is 8.14. The van der Waals surface area contributed by atoms with Crippen LogP contribution in [0.25, 0.3) is 0 Å². The maximum atomic E-state index is 14.5. The number of nitrogens with one attached hydrogen (secondary N) is 2. The van der Waals surface area contributed by atoms with Crippen molar-refractivity contribution in [2.75, 3.05) is 19.6 Å². The van der Waals surface area contributed by atoms with Gasteiger partial charge in [-0.05, 0) is 37.0 Å². The molecule has 1 saturated carbocycles. The van der Waals surface area contributed by atoms with Crippen molar-refractivity contribution in [1.29, 1.82) is 0 Å². The van der Waals surface area contributed by atoms with Gasteiger partial charge < -0.3 is 46.3 Å². The maximum Gasteiger partial charge on any atom is 0.547 e. The first-order chi connectivity index (χ1) is 21.1. The van der Waals surface area contributed by atoms with Crippen molar-refractivity contribution in [1.82, 2.24) is 20.4 Å². The van der Waals surface area contributed by atoms with Gasteiger partial charge in [0.15, 0.2) is 17.3 Å². The Morgan fingerprint density at radius 3 is 2.47 bits per heavy atom. The number of phenolic OH excluding ortho intramolecular Hbond substituents is 2. The summed E-state index contributed by atoms with van der Waals surface area (Å²) in [5.74, 6) is -12.0. The largest absolute Gasteiger partial charge is 0.547 e. The van der Waals surface area contributed by atoms with Crippen LogP contribution in [0, 0.1) is 11.6 Å². The Morgan fingerprint density at radius 2 is 1.82 bits per heavy atom. The van der Waals surface area contributed by atoms with Gasteiger partial charge in [-0.25, -0.2) is 18.4 Å². The predicted octanol–water partition coefficient (Wildman–Crippen LogP) is -0.220. The highest BCUT2D eigenvalue weighted by Crippen LogP contribution is 2.41. The molecular weight excluding hydrogens is 627 g/mol. The van der Waals surface area contributed by atoms with E-state index in [1.165, 1.54) is 11.0 Å². The van der Waals surface area contributed by atoms with Gasteiger partial charge in [0.05, 0.1) is 11.0 Å². The zero-order valence-corrected chi connectivity index (χ0v) is 23.8. The summed E-state index contributed by atoms with van der Waals surface area (Å²) in [7, 11) is -1.94. The number of carbonyl (C=O) groups excluding carboxylic acids is 4. The van der Waals surface area contributed by atoms with Gasteiger partial charge in [0.1, 0.15) is 23.2 Å². The lowest BCUT2D eigenvalue weighted by molar-refractivity contribution is -0.154. The first kappa shape index (κ1) is 31.7. The van der Waals surface area contributed by atoms with E-state index >= 15 is 0 Å². The van der Waals surface area contributed by atoms with Crippen LogP contribution in [-0.4, -0.2) is 98.1 Å². The number of halogens is 3. The van der Waals surface area contributed by atoms with E-state index in [-0.39, 0.29) is 31.6 Å². The number of hydrogen-bond acceptors (Lipinski definition) is 10. The van der Waals surface area contributed by atoms with Crippen LogP contribution in [0.1, 0.15) is 40.4 Å². The Kier molecular flexibility index (Phi) is 8.24. The SMILES string of the molecule is NC1(CN2CCN(C(=O)NC(C(=O)NC3Cc4ccc(F)c(C(=O)O)c4OB3O)c3cc(F)c(O)c(O)c3Cl)C(=O)C2=O)CC1. The van der Waals surface area contributed by atoms with Crippen molar-refractivity contribution in [3.63, 3.8) is 0 Å². The Hall–Kier alpha value is -4.68. The highest BCUT2D eigenvalue weighted by Gasteiger charge is 2.46. The number of aromatic hydroxyl groups is 2. The van der Waals surface area contributed by atoms with Crippen molar-refractivity contribution in [2.45, 2.75) is 36.8 Å². The summed E-state index contributed by atoms with van der Waals surface area (Å²) in [6, 6.07) is -0.735. The number of nitrogens with zero attached hydrogens (tertiary/aromatic N) is 2. The number of amides is 5. The number of carbonyl (C=O) groups is 5. The minimum atomic E-state index is -2.01. The molecule has 238 valence electrons. The van der Waals surface area contributed by atoms with Crippen LogP contribution in [0.4, 0.5) is 13.6 Å². The van der Waals surface area contributed by atoms with Gasteiger partial charge in [-0.2, -0.15) is 0 Å². The van der Waals surface area contributed by atoms with Gasteiger partial charge >= 0.3 is 30.9 Å². The molecule has 1 aliphatic carbocycles. The number of carboxylic acid groups (broad SMARTS) is 1. The third kappa shape index (κ3) is 6.03. The summed E-state index contributed by atoms with van der Waals surface area (Å²) in [5, 5.41) is 43.5. The fraction of sp³-hybridized carbons (Fsp3) is 0.346. The predicted molar refractivity (Wildman–Crippen MR) is 148 cm³/mol. The Balaban J connectivity index is 1.40. The molecule has 0 radical (unpaired) electrons. The molecular formula is C26H25BClF2N5O10. The van der Waals surface area contributed by atoms with Crippen molar-refractivity contribution >= 4 is 48.4 Å². The van der Waals surface area contributed by atoms with Gasteiger partial charge in [-0.15, -0.1) is 0 Å². The lowest BCUT2D eigenvalue weighted by Gasteiger charge is -2.35. The van der Waals surface area contributed by atoms with E-state index in [0.717, 1.165) is 6.07 Å². The zero-order valence-electron chi connectivity index (χ0n) is 23.1. The second-order valence-corrected chi connectivity index (χ2v) is 11.3. The number of piperazine rings is 1. The number of aromatic carboxylic acids is 1. The molecule has 3 aliphatic rings. The number of phenols is 2. The summed E-state index contributed by atoms with van der Waals surface area (Å²) in [4.78, 5) is 65.6. The number of urea groups is 1. The second-order valence-electron chi connectivity index (χ2n) is 10.9. The van der Waals surface area contributed by atoms with Gasteiger partial charge in [0.25, 0.3) is 0 Å². The lowest BCUT2D eigenvalue weighted by Crippen LogP contribution is -2.61. The Morgan fingerprint density at radius 1 is 1.13 bits per heavy atom. The van der Waals surface area contributed by atoms with Crippen LogP contribution in [0.15, 0.2) is 18.2 Å². The average molecular weight is 652 g/mol. The van der Waals surface area contributed by atoms with E-state index in [9.17, 15) is 53.1 Å². The Labute approximate surface area is 257 Å². The first-order valence-electron chi connectivity index (χ1n) is 13.4. The van der Waals surface area contributed by atoms with E-state index in [1.54, 1.807) is 0 Å². The molecule has 2 unspecified atom stereocenters. The number of hydrogen-bond donors (Lipinski definition) is 7. The normalized spacial score (nSPS) is 19.4. The number of imide groups is 1. The molecule has 2 fully saturated rings. The van der Waals surface area contributed by atoms with Gasteiger partial charge in [-0.1, -0.05) is 17.7 Å². The molecule has 0 bridgehead atoms. The number of fused-ring (bicyclic) bond motifs is 1. The summed E-state index contributed by atoms with van der Waals surface area (Å²) in [5.41, 5.74) is 4.08. The molecule has 2 aliphatic heterocycles. The summed E-state index contributed by atoms with van der Waals surface area (Å²) >= 11 is 6.09. The van der Waals surface area contributed by atoms with Crippen LogP contribution >= 0.6 is 11.6 Å². The molecule has 0 aromatic heterocycles. The minimum Gasteiger partial charge on any atom is -0.534 e. The third-order valence-electron chi connectivity index (χ3n) is 7.74. The van der Waals surface area contributed by atoms with E-state index in [1.807, 2.05) is 0 Å². The summed E-state index contributed by atoms with van der Waals surface area (Å²) < 4.78 is 33.8. The topological polar surface area (TPSA) is 232 Å². The monoisotopic (exact) mass is 651 g/mol. The van der Waals surface area contributed by atoms with Gasteiger partial charge in [0.2, 0.25) is 5.91 Å². The average Bonchev–Trinajstić information content (AvgIpc) is 3.71. The minimum absolute atomic E-state index is 0.0624. The lowest BCUT2D eigenvalue weighted by atomic mass is 9.72. The van der Waals surface area contributed by atoms with E-state index in [2.05, 4.69) is 10.6 Å².